The number of ether oxygens (including phenoxy) is 1. The summed E-state index contributed by atoms with van der Waals surface area (Å²) in [6.07, 6.45) is 4.13. The zero-order chi connectivity index (χ0) is 16.7. The Bertz CT molecular complexity index is 708. The molecule has 120 valence electrons. The van der Waals surface area contributed by atoms with Gasteiger partial charge in [0.2, 0.25) is 5.91 Å². The Labute approximate surface area is 136 Å². The van der Waals surface area contributed by atoms with Crippen LogP contribution in [0.3, 0.4) is 0 Å². The predicted octanol–water partition coefficient (Wildman–Crippen LogP) is 4.14. The van der Waals surface area contributed by atoms with Gasteiger partial charge in [-0.25, -0.2) is 0 Å². The van der Waals surface area contributed by atoms with Gasteiger partial charge in [-0.3, -0.25) is 4.79 Å². The van der Waals surface area contributed by atoms with Crippen molar-refractivity contribution in [1.29, 1.82) is 0 Å². The van der Waals surface area contributed by atoms with Crippen molar-refractivity contribution < 1.29 is 14.6 Å². The third-order valence-electron chi connectivity index (χ3n) is 3.26. The zero-order valence-electron chi connectivity index (χ0n) is 13.4. The first kappa shape index (κ1) is 16.6. The third kappa shape index (κ3) is 4.88. The van der Waals surface area contributed by atoms with Gasteiger partial charge < -0.3 is 15.2 Å². The highest BCUT2D eigenvalue weighted by Crippen LogP contribution is 2.21. The van der Waals surface area contributed by atoms with Gasteiger partial charge in [0.1, 0.15) is 11.5 Å². The fourth-order valence-electron chi connectivity index (χ4n) is 2.09. The van der Waals surface area contributed by atoms with Gasteiger partial charge in [-0.05, 0) is 49.2 Å². The van der Waals surface area contributed by atoms with Crippen LogP contribution in [0.25, 0.3) is 6.08 Å². The molecule has 0 aliphatic heterocycles. The van der Waals surface area contributed by atoms with Crippen LogP contribution in [0.15, 0.2) is 48.5 Å². The monoisotopic (exact) mass is 311 g/mol. The van der Waals surface area contributed by atoms with Gasteiger partial charge in [0.15, 0.2) is 0 Å². The number of amides is 1. The first-order chi connectivity index (χ1) is 11.1. The van der Waals surface area contributed by atoms with Crippen LogP contribution in [-0.4, -0.2) is 17.6 Å². The maximum absolute atomic E-state index is 12.0. The van der Waals surface area contributed by atoms with E-state index in [4.69, 9.17) is 4.74 Å². The number of para-hydroxylation sites is 1. The van der Waals surface area contributed by atoms with E-state index in [0.29, 0.717) is 12.3 Å². The minimum atomic E-state index is -0.232. The molecule has 4 heteroatoms. The van der Waals surface area contributed by atoms with Crippen LogP contribution in [0.2, 0.25) is 0 Å². The second-order valence-corrected chi connectivity index (χ2v) is 5.21. The minimum absolute atomic E-state index is 0.179. The van der Waals surface area contributed by atoms with E-state index in [-0.39, 0.29) is 11.7 Å². The van der Waals surface area contributed by atoms with Gasteiger partial charge in [-0.15, -0.1) is 0 Å². The number of phenols is 1. The van der Waals surface area contributed by atoms with E-state index in [1.165, 1.54) is 6.08 Å². The molecule has 0 saturated heterocycles. The van der Waals surface area contributed by atoms with Crippen LogP contribution in [0, 0.1) is 6.92 Å². The summed E-state index contributed by atoms with van der Waals surface area (Å²) >= 11 is 0. The molecule has 0 radical (unpaired) electrons. The first-order valence-corrected chi connectivity index (χ1v) is 7.60. The van der Waals surface area contributed by atoms with Crippen LogP contribution in [0.1, 0.15) is 24.5 Å². The molecule has 0 aromatic heterocycles. The van der Waals surface area contributed by atoms with Crippen molar-refractivity contribution in [2.45, 2.75) is 20.3 Å². The van der Waals surface area contributed by atoms with E-state index >= 15 is 0 Å². The highest BCUT2D eigenvalue weighted by molar-refractivity contribution is 6.02. The summed E-state index contributed by atoms with van der Waals surface area (Å²) in [5.41, 5.74) is 2.34. The van der Waals surface area contributed by atoms with E-state index < -0.39 is 0 Å². The summed E-state index contributed by atoms with van der Waals surface area (Å²) < 4.78 is 5.66. The lowest BCUT2D eigenvalue weighted by Crippen LogP contribution is -2.08. The molecule has 2 rings (SSSR count). The Morgan fingerprint density at radius 1 is 1.26 bits per heavy atom. The number of anilines is 1. The molecule has 0 fully saturated rings. The average Bonchev–Trinajstić information content (AvgIpc) is 2.54. The SMILES string of the molecule is CCCOc1ccccc1/C=C/C(=O)Nc1ccc(O)cc1C. The van der Waals surface area contributed by atoms with Crippen molar-refractivity contribution in [2.75, 3.05) is 11.9 Å². The Morgan fingerprint density at radius 2 is 2.04 bits per heavy atom. The van der Waals surface area contributed by atoms with E-state index in [1.807, 2.05) is 38.1 Å². The fraction of sp³-hybridized carbons (Fsp3) is 0.211. The highest BCUT2D eigenvalue weighted by Gasteiger charge is 2.04. The van der Waals surface area contributed by atoms with Crippen LogP contribution in [0.5, 0.6) is 11.5 Å². The molecule has 0 aliphatic rings. The lowest BCUT2D eigenvalue weighted by molar-refractivity contribution is -0.111. The number of carbonyl (C=O) groups is 1. The number of carbonyl (C=O) groups excluding carboxylic acids is 1. The number of phenolic OH excluding ortho intramolecular Hbond substituents is 1. The highest BCUT2D eigenvalue weighted by atomic mass is 16.5. The van der Waals surface area contributed by atoms with E-state index in [9.17, 15) is 9.90 Å². The van der Waals surface area contributed by atoms with Gasteiger partial charge in [-0.2, -0.15) is 0 Å². The maximum atomic E-state index is 12.0. The molecule has 0 bridgehead atoms. The number of rotatable bonds is 6. The summed E-state index contributed by atoms with van der Waals surface area (Å²) in [7, 11) is 0. The zero-order valence-corrected chi connectivity index (χ0v) is 13.4. The van der Waals surface area contributed by atoms with Crippen molar-refractivity contribution in [3.05, 3.63) is 59.7 Å². The molecule has 23 heavy (non-hydrogen) atoms. The molecule has 0 saturated carbocycles. The molecular formula is C19H21NO3. The van der Waals surface area contributed by atoms with Crippen molar-refractivity contribution in [3.8, 4) is 11.5 Å². The molecule has 2 N–H and O–H groups in total. The maximum Gasteiger partial charge on any atom is 0.248 e. The van der Waals surface area contributed by atoms with Crippen molar-refractivity contribution >= 4 is 17.7 Å². The van der Waals surface area contributed by atoms with E-state index in [2.05, 4.69) is 5.32 Å². The number of aromatic hydroxyl groups is 1. The molecule has 0 atom stereocenters. The summed E-state index contributed by atoms with van der Waals surface area (Å²) in [5, 5.41) is 12.2. The molecule has 2 aromatic rings. The quantitative estimate of drug-likeness (QED) is 0.622. The molecule has 4 nitrogen and oxygen atoms in total. The normalized spacial score (nSPS) is 10.7. The largest absolute Gasteiger partial charge is 0.508 e. The first-order valence-electron chi connectivity index (χ1n) is 7.60. The van der Waals surface area contributed by atoms with Crippen molar-refractivity contribution in [3.63, 3.8) is 0 Å². The number of nitrogens with one attached hydrogen (secondary N) is 1. The van der Waals surface area contributed by atoms with Crippen LogP contribution in [0.4, 0.5) is 5.69 Å². The Hall–Kier alpha value is -2.75. The molecule has 0 unspecified atom stereocenters. The number of hydrogen-bond donors (Lipinski definition) is 2. The Morgan fingerprint density at radius 3 is 2.78 bits per heavy atom. The summed E-state index contributed by atoms with van der Waals surface area (Å²) in [4.78, 5) is 12.0. The fourth-order valence-corrected chi connectivity index (χ4v) is 2.09. The molecule has 0 heterocycles. The summed E-state index contributed by atoms with van der Waals surface area (Å²) in [6, 6.07) is 12.4. The van der Waals surface area contributed by atoms with Gasteiger partial charge in [0.05, 0.1) is 6.61 Å². The van der Waals surface area contributed by atoms with Crippen LogP contribution < -0.4 is 10.1 Å². The number of benzene rings is 2. The molecule has 1 amide bonds. The molecular weight excluding hydrogens is 290 g/mol. The molecule has 0 spiro atoms. The van der Waals surface area contributed by atoms with Crippen molar-refractivity contribution in [1.82, 2.24) is 0 Å². The third-order valence-corrected chi connectivity index (χ3v) is 3.26. The van der Waals surface area contributed by atoms with E-state index in [1.54, 1.807) is 24.3 Å². The van der Waals surface area contributed by atoms with Gasteiger partial charge >= 0.3 is 0 Å². The topological polar surface area (TPSA) is 58.6 Å². The minimum Gasteiger partial charge on any atom is -0.508 e. The van der Waals surface area contributed by atoms with Gasteiger partial charge in [0, 0.05) is 17.3 Å². The van der Waals surface area contributed by atoms with Crippen LogP contribution in [-0.2, 0) is 4.79 Å². The van der Waals surface area contributed by atoms with Crippen molar-refractivity contribution in [2.24, 2.45) is 0 Å². The molecule has 2 aromatic carbocycles. The predicted molar refractivity (Wildman–Crippen MR) is 92.7 cm³/mol. The lowest BCUT2D eigenvalue weighted by atomic mass is 10.1. The summed E-state index contributed by atoms with van der Waals surface area (Å²) in [6.45, 7) is 4.52. The standard InChI is InChI=1S/C19H21NO3/c1-3-12-23-18-7-5-4-6-15(18)8-11-19(22)20-17-10-9-16(21)13-14(17)2/h4-11,13,21H,3,12H2,1-2H3,(H,20,22)/b11-8+. The van der Waals surface area contributed by atoms with Gasteiger partial charge in [-0.1, -0.05) is 25.1 Å². The van der Waals surface area contributed by atoms with E-state index in [0.717, 1.165) is 23.3 Å². The van der Waals surface area contributed by atoms with Crippen LogP contribution >= 0.6 is 0 Å². The Kier molecular flexibility index (Phi) is 5.80. The smallest absolute Gasteiger partial charge is 0.248 e. The second kappa shape index (κ2) is 8.03. The number of aryl methyl sites for hydroxylation is 1. The lowest BCUT2D eigenvalue weighted by Gasteiger charge is -2.08. The number of hydrogen-bond acceptors (Lipinski definition) is 3. The Balaban J connectivity index is 2.06. The second-order valence-electron chi connectivity index (χ2n) is 5.21. The van der Waals surface area contributed by atoms with Gasteiger partial charge in [0.25, 0.3) is 0 Å². The molecule has 0 aliphatic carbocycles. The average molecular weight is 311 g/mol. The summed E-state index contributed by atoms with van der Waals surface area (Å²) in [5.74, 6) is 0.710.